The minimum Gasteiger partial charge on any atom is -0.349 e. The first kappa shape index (κ1) is 12.1. The van der Waals surface area contributed by atoms with Gasteiger partial charge in [0.2, 0.25) is 0 Å². The van der Waals surface area contributed by atoms with E-state index in [4.69, 9.17) is 17.3 Å². The van der Waals surface area contributed by atoms with Crippen LogP contribution in [0.5, 0.6) is 0 Å². The van der Waals surface area contributed by atoms with Gasteiger partial charge in [-0.2, -0.15) is 0 Å². The van der Waals surface area contributed by atoms with Gasteiger partial charge in [0.05, 0.1) is 5.02 Å². The molecule has 0 bridgehead atoms. The van der Waals surface area contributed by atoms with Crippen LogP contribution >= 0.6 is 11.6 Å². The number of hydrogen-bond donors (Lipinski definition) is 2. The second-order valence-corrected chi connectivity index (χ2v) is 5.83. The average Bonchev–Trinajstić information content (AvgIpc) is 3.23. The maximum absolute atomic E-state index is 12.1. The predicted octanol–water partition coefficient (Wildman–Crippen LogP) is 1.94. The first-order valence-electron chi connectivity index (χ1n) is 6.56. The number of amides is 1. The number of rotatable bonds is 5. The highest BCUT2D eigenvalue weighted by Gasteiger charge is 2.30. The number of nitrogens with two attached hydrogens (primary N) is 1. The fourth-order valence-electron chi connectivity index (χ4n) is 2.27. The van der Waals surface area contributed by atoms with Gasteiger partial charge in [0.1, 0.15) is 5.69 Å². The summed E-state index contributed by atoms with van der Waals surface area (Å²) in [5.74, 6) is 0.536. The molecule has 98 valence electrons. The smallest absolute Gasteiger partial charge is 0.268 e. The number of halogens is 1. The SMILES string of the molecule is NC(CNC(=O)c1cc(Cl)cn1C1CC1)C1CC1. The molecule has 1 unspecified atom stereocenters. The molecule has 3 rings (SSSR count). The molecule has 0 radical (unpaired) electrons. The largest absolute Gasteiger partial charge is 0.349 e. The van der Waals surface area contributed by atoms with Crippen molar-refractivity contribution in [3.05, 3.63) is 23.0 Å². The quantitative estimate of drug-likeness (QED) is 0.857. The van der Waals surface area contributed by atoms with Crippen LogP contribution in [0.1, 0.15) is 42.2 Å². The van der Waals surface area contributed by atoms with E-state index in [1.54, 1.807) is 6.07 Å². The summed E-state index contributed by atoms with van der Waals surface area (Å²) in [5.41, 5.74) is 6.63. The lowest BCUT2D eigenvalue weighted by Crippen LogP contribution is -2.39. The summed E-state index contributed by atoms with van der Waals surface area (Å²) in [6.45, 7) is 0.553. The zero-order valence-electron chi connectivity index (χ0n) is 10.2. The molecule has 1 heterocycles. The van der Waals surface area contributed by atoms with Crippen molar-refractivity contribution in [3.63, 3.8) is 0 Å². The van der Waals surface area contributed by atoms with E-state index >= 15 is 0 Å². The van der Waals surface area contributed by atoms with E-state index in [0.717, 1.165) is 12.8 Å². The van der Waals surface area contributed by atoms with Gasteiger partial charge in [0, 0.05) is 24.8 Å². The molecule has 2 aliphatic rings. The summed E-state index contributed by atoms with van der Waals surface area (Å²) < 4.78 is 1.99. The summed E-state index contributed by atoms with van der Waals surface area (Å²) >= 11 is 5.98. The van der Waals surface area contributed by atoms with Crippen LogP contribution in [-0.4, -0.2) is 23.1 Å². The van der Waals surface area contributed by atoms with Crippen LogP contribution in [0.3, 0.4) is 0 Å². The van der Waals surface area contributed by atoms with Crippen LogP contribution in [0.15, 0.2) is 12.3 Å². The Balaban J connectivity index is 1.63. The van der Waals surface area contributed by atoms with Crippen LogP contribution in [0.25, 0.3) is 0 Å². The zero-order chi connectivity index (χ0) is 12.7. The van der Waals surface area contributed by atoms with Crippen LogP contribution in [0.4, 0.5) is 0 Å². The molecule has 18 heavy (non-hydrogen) atoms. The third-order valence-corrected chi connectivity index (χ3v) is 3.92. The van der Waals surface area contributed by atoms with Crippen molar-refractivity contribution in [3.8, 4) is 0 Å². The molecule has 2 saturated carbocycles. The first-order valence-corrected chi connectivity index (χ1v) is 6.94. The maximum atomic E-state index is 12.1. The van der Waals surface area contributed by atoms with E-state index in [1.165, 1.54) is 12.8 Å². The van der Waals surface area contributed by atoms with Crippen molar-refractivity contribution >= 4 is 17.5 Å². The molecule has 2 fully saturated rings. The molecule has 1 amide bonds. The van der Waals surface area contributed by atoms with Crippen molar-refractivity contribution in [2.24, 2.45) is 11.7 Å². The molecule has 0 spiro atoms. The zero-order valence-corrected chi connectivity index (χ0v) is 11.0. The lowest BCUT2D eigenvalue weighted by atomic mass is 10.2. The van der Waals surface area contributed by atoms with E-state index in [-0.39, 0.29) is 11.9 Å². The van der Waals surface area contributed by atoms with Gasteiger partial charge in [-0.3, -0.25) is 4.79 Å². The summed E-state index contributed by atoms with van der Waals surface area (Å²) in [4.78, 5) is 12.1. The van der Waals surface area contributed by atoms with Gasteiger partial charge in [-0.1, -0.05) is 11.6 Å². The van der Waals surface area contributed by atoms with Gasteiger partial charge >= 0.3 is 0 Å². The summed E-state index contributed by atoms with van der Waals surface area (Å²) in [6.07, 6.45) is 6.50. The Morgan fingerprint density at radius 3 is 2.83 bits per heavy atom. The van der Waals surface area contributed by atoms with Crippen LogP contribution in [0, 0.1) is 5.92 Å². The fraction of sp³-hybridized carbons (Fsp3) is 0.615. The van der Waals surface area contributed by atoms with E-state index in [2.05, 4.69) is 5.32 Å². The third kappa shape index (κ3) is 2.54. The van der Waals surface area contributed by atoms with Crippen molar-refractivity contribution in [2.45, 2.75) is 37.8 Å². The van der Waals surface area contributed by atoms with Gasteiger partial charge in [0.25, 0.3) is 5.91 Å². The minimum absolute atomic E-state index is 0.0649. The Bertz CT molecular complexity index is 463. The Morgan fingerprint density at radius 2 is 2.22 bits per heavy atom. The number of carbonyl (C=O) groups is 1. The normalized spacial score (nSPS) is 20.8. The lowest BCUT2D eigenvalue weighted by molar-refractivity contribution is 0.0941. The van der Waals surface area contributed by atoms with Crippen LogP contribution in [0.2, 0.25) is 5.02 Å². The molecule has 1 aromatic rings. The Labute approximate surface area is 111 Å². The molecular weight excluding hydrogens is 250 g/mol. The molecule has 1 atom stereocenters. The second-order valence-electron chi connectivity index (χ2n) is 5.39. The van der Waals surface area contributed by atoms with E-state index in [1.807, 2.05) is 10.8 Å². The Kier molecular flexibility index (Phi) is 3.08. The van der Waals surface area contributed by atoms with Crippen LogP contribution < -0.4 is 11.1 Å². The standard InChI is InChI=1S/C13H18ClN3O/c14-9-5-12(17(7-9)10-3-4-10)13(18)16-6-11(15)8-1-2-8/h5,7-8,10-11H,1-4,6,15H2,(H,16,18). The lowest BCUT2D eigenvalue weighted by Gasteiger charge is -2.12. The molecule has 0 saturated heterocycles. The Morgan fingerprint density at radius 1 is 1.50 bits per heavy atom. The molecular formula is C13H18ClN3O. The molecule has 1 aromatic heterocycles. The third-order valence-electron chi connectivity index (χ3n) is 3.71. The van der Waals surface area contributed by atoms with E-state index in [0.29, 0.717) is 29.2 Å². The van der Waals surface area contributed by atoms with Gasteiger partial charge < -0.3 is 15.6 Å². The van der Waals surface area contributed by atoms with Crippen molar-refractivity contribution < 1.29 is 4.79 Å². The monoisotopic (exact) mass is 267 g/mol. The highest BCUT2D eigenvalue weighted by Crippen LogP contribution is 2.37. The van der Waals surface area contributed by atoms with Gasteiger partial charge in [0.15, 0.2) is 0 Å². The molecule has 4 nitrogen and oxygen atoms in total. The first-order chi connectivity index (χ1) is 8.65. The van der Waals surface area contributed by atoms with E-state index < -0.39 is 0 Å². The van der Waals surface area contributed by atoms with E-state index in [9.17, 15) is 4.79 Å². The minimum atomic E-state index is -0.0649. The maximum Gasteiger partial charge on any atom is 0.268 e. The fourth-order valence-corrected chi connectivity index (χ4v) is 2.48. The molecule has 0 aliphatic heterocycles. The number of aromatic nitrogens is 1. The number of nitrogens with zero attached hydrogens (tertiary/aromatic N) is 1. The summed E-state index contributed by atoms with van der Waals surface area (Å²) in [5, 5.41) is 3.54. The van der Waals surface area contributed by atoms with Crippen LogP contribution in [-0.2, 0) is 0 Å². The van der Waals surface area contributed by atoms with Crippen molar-refractivity contribution in [1.29, 1.82) is 0 Å². The number of nitrogens with one attached hydrogen (secondary N) is 1. The van der Waals surface area contributed by atoms with Crippen molar-refractivity contribution in [1.82, 2.24) is 9.88 Å². The predicted molar refractivity (Wildman–Crippen MR) is 70.7 cm³/mol. The highest BCUT2D eigenvalue weighted by molar-refractivity contribution is 6.31. The average molecular weight is 268 g/mol. The summed E-state index contributed by atoms with van der Waals surface area (Å²) in [6, 6.07) is 2.28. The summed E-state index contributed by atoms with van der Waals surface area (Å²) in [7, 11) is 0. The van der Waals surface area contributed by atoms with Gasteiger partial charge in [-0.25, -0.2) is 0 Å². The number of hydrogen-bond acceptors (Lipinski definition) is 2. The molecule has 2 aliphatic carbocycles. The van der Waals surface area contributed by atoms with Gasteiger partial charge in [-0.05, 0) is 37.7 Å². The topological polar surface area (TPSA) is 60.0 Å². The highest BCUT2D eigenvalue weighted by atomic mass is 35.5. The van der Waals surface area contributed by atoms with Gasteiger partial charge in [-0.15, -0.1) is 0 Å². The molecule has 3 N–H and O–H groups in total. The molecule has 5 heteroatoms. The molecule has 0 aromatic carbocycles. The Hall–Kier alpha value is -1.00. The number of carbonyl (C=O) groups excluding carboxylic acids is 1. The second kappa shape index (κ2) is 4.59. The van der Waals surface area contributed by atoms with Crippen molar-refractivity contribution in [2.75, 3.05) is 6.54 Å².